The van der Waals surface area contributed by atoms with Gasteiger partial charge in [0.15, 0.2) is 5.78 Å². The molecule has 6 heteroatoms. The van der Waals surface area contributed by atoms with Crippen molar-refractivity contribution in [3.8, 4) is 22.5 Å². The molecule has 0 amide bonds. The van der Waals surface area contributed by atoms with Crippen LogP contribution in [0.25, 0.3) is 44.1 Å². The molecule has 0 bridgehead atoms. The molecule has 0 aliphatic carbocycles. The molecular formula is C53H67IrN2O2Si. The van der Waals surface area contributed by atoms with Gasteiger partial charge in [0.25, 0.3) is 0 Å². The topological polar surface area (TPSA) is 63.1 Å². The number of hydrogen-bond donors (Lipinski definition) is 1. The van der Waals surface area contributed by atoms with Crippen LogP contribution in [0.15, 0.2) is 97.0 Å². The number of nitrogens with zero attached hydrogens (tertiary/aromatic N) is 2. The van der Waals surface area contributed by atoms with E-state index in [1.807, 2.05) is 47.0 Å². The molecule has 314 valence electrons. The van der Waals surface area contributed by atoms with Crippen molar-refractivity contribution in [2.45, 2.75) is 115 Å². The van der Waals surface area contributed by atoms with E-state index in [4.69, 9.17) is 0 Å². The summed E-state index contributed by atoms with van der Waals surface area (Å²) in [5.74, 6) is 0.366. The molecule has 0 aliphatic rings. The maximum Gasteiger partial charge on any atom is 3.00 e. The molecule has 6 rings (SSSR count). The molecule has 0 saturated carbocycles. The first-order valence-corrected chi connectivity index (χ1v) is 24.1. The van der Waals surface area contributed by atoms with E-state index in [0.717, 1.165) is 59.3 Å². The van der Waals surface area contributed by atoms with Crippen molar-refractivity contribution in [3.05, 3.63) is 144 Å². The Balaban J connectivity index is 0.000000304. The standard InChI is InChI=1S/C20H22NSi.C18H16N.C14H26O2.CH3.Ir/c1-14-10-15(2)12-17(11-14)20-19-7-6-18(22(3,4)5)13-16(19)8-9-21-20;1-12-4-5-17-15(9-12)6-7-19-18(17)16-10-13(2)8-14(3)11-16;1-6-11(7-2)12(15)10-13(16)14(5,8-3)9-4;;/h6-11,13H,1-5H3;4-10H,1-3H3;10-11,16H,6-9H2,1-5H3;1H3;/q2*-1;;-1;+3/b;;13-10-;;. The molecule has 0 atom stereocenters. The van der Waals surface area contributed by atoms with Crippen LogP contribution in [0.3, 0.4) is 0 Å². The molecule has 0 unspecified atom stereocenters. The number of allylic oxidation sites excluding steroid dienone is 2. The minimum atomic E-state index is -1.29. The van der Waals surface area contributed by atoms with E-state index < -0.39 is 8.07 Å². The summed E-state index contributed by atoms with van der Waals surface area (Å²) >= 11 is 0. The van der Waals surface area contributed by atoms with E-state index in [9.17, 15) is 9.90 Å². The first kappa shape index (κ1) is 50.9. The molecular weight excluding hydrogens is 917 g/mol. The van der Waals surface area contributed by atoms with Gasteiger partial charge in [-0.05, 0) is 77.7 Å². The zero-order valence-corrected chi connectivity index (χ0v) is 41.5. The average Bonchev–Trinajstić information content (AvgIpc) is 3.16. The quantitative estimate of drug-likeness (QED) is 0.0643. The normalized spacial score (nSPS) is 11.5. The van der Waals surface area contributed by atoms with Crippen molar-refractivity contribution < 1.29 is 30.0 Å². The minimum absolute atomic E-state index is 0. The second kappa shape index (κ2) is 22.4. The van der Waals surface area contributed by atoms with Gasteiger partial charge in [0.1, 0.15) is 5.76 Å². The number of pyridine rings is 2. The van der Waals surface area contributed by atoms with Gasteiger partial charge in [-0.2, -0.15) is 0 Å². The van der Waals surface area contributed by atoms with Gasteiger partial charge in [-0.3, -0.25) is 4.79 Å². The number of aromatic nitrogens is 2. The van der Waals surface area contributed by atoms with Gasteiger partial charge in [0.05, 0.1) is 8.07 Å². The van der Waals surface area contributed by atoms with Crippen LogP contribution in [0.1, 0.15) is 88.1 Å². The number of ketones is 1. The number of aryl methyl sites for hydroxylation is 5. The van der Waals surface area contributed by atoms with Crippen molar-refractivity contribution in [2.24, 2.45) is 11.3 Å². The zero-order chi connectivity index (χ0) is 42.1. The van der Waals surface area contributed by atoms with Crippen LogP contribution < -0.4 is 5.19 Å². The molecule has 4 aromatic carbocycles. The molecule has 59 heavy (non-hydrogen) atoms. The summed E-state index contributed by atoms with van der Waals surface area (Å²) in [7, 11) is -1.29. The average molecular weight is 984 g/mol. The van der Waals surface area contributed by atoms with Crippen molar-refractivity contribution in [2.75, 3.05) is 0 Å². The molecule has 0 fully saturated rings. The summed E-state index contributed by atoms with van der Waals surface area (Å²) in [5, 5.41) is 16.4. The Bertz CT molecular complexity index is 2310. The number of rotatable bonds is 10. The van der Waals surface area contributed by atoms with E-state index in [2.05, 4.69) is 149 Å². The van der Waals surface area contributed by atoms with Gasteiger partial charge in [0.2, 0.25) is 0 Å². The molecule has 0 radical (unpaired) electrons. The van der Waals surface area contributed by atoms with Crippen LogP contribution in [0, 0.1) is 65.5 Å². The predicted molar refractivity (Wildman–Crippen MR) is 254 cm³/mol. The second-order valence-electron chi connectivity index (χ2n) is 17.0. The van der Waals surface area contributed by atoms with Crippen LogP contribution in [-0.4, -0.2) is 28.9 Å². The van der Waals surface area contributed by atoms with Crippen LogP contribution >= 0.6 is 0 Å². The van der Waals surface area contributed by atoms with Crippen molar-refractivity contribution in [1.82, 2.24) is 9.97 Å². The molecule has 2 aromatic heterocycles. The fraction of sp³-hybridized carbons (Fsp3) is 0.358. The third-order valence-corrected chi connectivity index (χ3v) is 13.2. The van der Waals surface area contributed by atoms with Gasteiger partial charge in [-0.1, -0.05) is 129 Å². The second-order valence-corrected chi connectivity index (χ2v) is 22.0. The molecule has 0 spiro atoms. The van der Waals surface area contributed by atoms with E-state index in [0.29, 0.717) is 0 Å². The first-order chi connectivity index (χ1) is 26.9. The molecule has 0 saturated heterocycles. The van der Waals surface area contributed by atoms with E-state index >= 15 is 0 Å². The maximum absolute atomic E-state index is 11.9. The summed E-state index contributed by atoms with van der Waals surface area (Å²) in [6.45, 7) is 27.8. The van der Waals surface area contributed by atoms with Crippen LogP contribution in [0.5, 0.6) is 0 Å². The monoisotopic (exact) mass is 984 g/mol. The number of benzene rings is 4. The van der Waals surface area contributed by atoms with E-state index in [1.165, 1.54) is 49.5 Å². The molecule has 2 heterocycles. The van der Waals surface area contributed by atoms with Gasteiger partial charge in [-0.25, -0.2) is 0 Å². The Morgan fingerprint density at radius 2 is 1.15 bits per heavy atom. The van der Waals surface area contributed by atoms with Crippen LogP contribution in [-0.2, 0) is 24.9 Å². The number of aliphatic hydroxyl groups is 1. The maximum atomic E-state index is 11.9. The fourth-order valence-corrected chi connectivity index (χ4v) is 8.32. The van der Waals surface area contributed by atoms with Crippen LogP contribution in [0.2, 0.25) is 19.6 Å². The Morgan fingerprint density at radius 1 is 0.695 bits per heavy atom. The number of fused-ring (bicyclic) bond motifs is 2. The zero-order valence-electron chi connectivity index (χ0n) is 38.1. The number of hydrogen-bond acceptors (Lipinski definition) is 4. The number of aliphatic hydroxyl groups excluding tert-OH is 1. The number of carbonyl (C=O) groups excluding carboxylic acids is 1. The van der Waals surface area contributed by atoms with Gasteiger partial charge in [0, 0.05) is 29.8 Å². The summed E-state index contributed by atoms with van der Waals surface area (Å²) in [5.41, 5.74) is 10.1. The van der Waals surface area contributed by atoms with E-state index in [1.54, 1.807) is 0 Å². The predicted octanol–water partition coefficient (Wildman–Crippen LogP) is 14.2. The van der Waals surface area contributed by atoms with Crippen LogP contribution in [0.4, 0.5) is 0 Å². The van der Waals surface area contributed by atoms with E-state index in [-0.39, 0.29) is 50.4 Å². The summed E-state index contributed by atoms with van der Waals surface area (Å²) < 4.78 is 0. The summed E-state index contributed by atoms with van der Waals surface area (Å²) in [4.78, 5) is 21.0. The Kier molecular flexibility index (Phi) is 19.3. The molecule has 6 aromatic rings. The molecule has 4 nitrogen and oxygen atoms in total. The van der Waals surface area contributed by atoms with Crippen molar-refractivity contribution >= 4 is 40.6 Å². The third-order valence-electron chi connectivity index (χ3n) is 11.2. The van der Waals surface area contributed by atoms with Gasteiger partial charge in [-0.15, -0.1) is 69.8 Å². The smallest absolute Gasteiger partial charge is 0.512 e. The van der Waals surface area contributed by atoms with Gasteiger partial charge < -0.3 is 22.5 Å². The third kappa shape index (κ3) is 13.4. The fourth-order valence-electron chi connectivity index (χ4n) is 7.15. The molecule has 1 N–H and O–H groups in total. The Hall–Kier alpha value is -4.22. The largest absolute Gasteiger partial charge is 3.00 e. The molecule has 0 aliphatic heterocycles. The summed E-state index contributed by atoms with van der Waals surface area (Å²) in [6.07, 6.45) is 8.62. The minimum Gasteiger partial charge on any atom is -0.512 e. The van der Waals surface area contributed by atoms with Crippen molar-refractivity contribution in [3.63, 3.8) is 0 Å². The van der Waals surface area contributed by atoms with Gasteiger partial charge >= 0.3 is 20.1 Å². The Morgan fingerprint density at radius 3 is 1.58 bits per heavy atom. The number of carbonyl (C=O) groups is 1. The SMILES string of the molecule is CCC(CC)C(=O)/C=C(\O)C(C)(CC)CC.Cc1[c-]c(-c2nccc3cc(C)ccc23)cc(C)c1.Cc1[c-]c(-c2nccc3cc([Si](C)(C)C)ccc23)cc(C)c1.[CH3-].[Ir+3]. The summed E-state index contributed by atoms with van der Waals surface area (Å²) in [6, 6.07) is 33.0. The van der Waals surface area contributed by atoms with Crippen molar-refractivity contribution in [1.29, 1.82) is 0 Å². The Labute approximate surface area is 371 Å². The first-order valence-electron chi connectivity index (χ1n) is 20.6.